The number of fused-ring (bicyclic) bond motifs is 1. The summed E-state index contributed by atoms with van der Waals surface area (Å²) in [5, 5.41) is 9.86. The number of azo groups is 1. The first kappa shape index (κ1) is 12.6. The molecule has 3 aromatic rings. The fraction of sp³-hybridized carbons (Fsp3) is 0.176. The molecule has 3 rings (SSSR count). The average molecular weight is 263 g/mol. The summed E-state index contributed by atoms with van der Waals surface area (Å²) in [6.45, 7) is 4.18. The number of aromatic nitrogens is 1. The summed E-state index contributed by atoms with van der Waals surface area (Å²) in [5.41, 5.74) is 5.48. The van der Waals surface area contributed by atoms with Crippen LogP contribution in [0, 0.1) is 13.8 Å². The zero-order valence-electron chi connectivity index (χ0n) is 12.0. The number of benzene rings is 2. The van der Waals surface area contributed by atoms with Crippen molar-refractivity contribution < 1.29 is 0 Å². The van der Waals surface area contributed by atoms with E-state index >= 15 is 0 Å². The van der Waals surface area contributed by atoms with E-state index in [2.05, 4.69) is 46.8 Å². The lowest BCUT2D eigenvalue weighted by atomic mass is 10.1. The van der Waals surface area contributed by atoms with E-state index < -0.39 is 0 Å². The van der Waals surface area contributed by atoms with E-state index in [1.807, 2.05) is 37.5 Å². The molecule has 0 saturated carbocycles. The molecule has 0 aliphatic rings. The summed E-state index contributed by atoms with van der Waals surface area (Å²) in [4.78, 5) is 0. The monoisotopic (exact) mass is 263 g/mol. The first-order valence-electron chi connectivity index (χ1n) is 6.68. The molecule has 3 nitrogen and oxygen atoms in total. The van der Waals surface area contributed by atoms with Gasteiger partial charge in [0.25, 0.3) is 0 Å². The predicted octanol–water partition coefficient (Wildman–Crippen LogP) is 5.21. The van der Waals surface area contributed by atoms with Crippen LogP contribution in [0.3, 0.4) is 0 Å². The maximum absolute atomic E-state index is 4.40. The van der Waals surface area contributed by atoms with Crippen molar-refractivity contribution in [2.24, 2.45) is 17.3 Å². The molecule has 0 N–H and O–H groups in total. The largest absolute Gasteiger partial charge is 0.348 e. The third-order valence-electron chi connectivity index (χ3n) is 3.49. The van der Waals surface area contributed by atoms with Gasteiger partial charge in [0.15, 0.2) is 0 Å². The van der Waals surface area contributed by atoms with E-state index in [0.717, 1.165) is 16.8 Å². The number of nitrogens with zero attached hydrogens (tertiary/aromatic N) is 3. The Morgan fingerprint density at radius 2 is 1.65 bits per heavy atom. The second-order valence-corrected chi connectivity index (χ2v) is 5.13. The molecule has 0 aliphatic carbocycles. The summed E-state index contributed by atoms with van der Waals surface area (Å²) in [7, 11) is 2.04. The molecule has 0 atom stereocenters. The standard InChI is InChI=1S/C17H17N3/c1-12-7-9-14(10-8-12)18-19-16-11-20(3)17-13(2)5-4-6-15(16)17/h4-11H,1-3H3. The van der Waals surface area contributed by atoms with Crippen molar-refractivity contribution in [3.8, 4) is 0 Å². The highest BCUT2D eigenvalue weighted by Gasteiger charge is 2.07. The summed E-state index contributed by atoms with van der Waals surface area (Å²) in [5.74, 6) is 0. The zero-order valence-corrected chi connectivity index (χ0v) is 12.0. The van der Waals surface area contributed by atoms with Crippen molar-refractivity contribution in [1.82, 2.24) is 4.57 Å². The van der Waals surface area contributed by atoms with E-state index in [9.17, 15) is 0 Å². The molecular weight excluding hydrogens is 246 g/mol. The Hall–Kier alpha value is -2.42. The van der Waals surface area contributed by atoms with Crippen molar-refractivity contribution in [1.29, 1.82) is 0 Å². The van der Waals surface area contributed by atoms with Crippen LogP contribution >= 0.6 is 0 Å². The minimum absolute atomic E-state index is 0.875. The van der Waals surface area contributed by atoms with Gasteiger partial charge in [0.1, 0.15) is 5.69 Å². The lowest BCUT2D eigenvalue weighted by molar-refractivity contribution is 0.962. The number of para-hydroxylation sites is 1. The van der Waals surface area contributed by atoms with Gasteiger partial charge in [0.05, 0.1) is 11.2 Å². The molecule has 100 valence electrons. The van der Waals surface area contributed by atoms with Crippen LogP contribution in [0.4, 0.5) is 11.4 Å². The van der Waals surface area contributed by atoms with Gasteiger partial charge in [0, 0.05) is 18.6 Å². The average Bonchev–Trinajstić information content (AvgIpc) is 2.76. The first-order chi connectivity index (χ1) is 9.65. The molecule has 0 bridgehead atoms. The van der Waals surface area contributed by atoms with E-state index in [-0.39, 0.29) is 0 Å². The molecule has 0 fully saturated rings. The summed E-state index contributed by atoms with van der Waals surface area (Å²) < 4.78 is 2.11. The zero-order chi connectivity index (χ0) is 14.1. The fourth-order valence-corrected chi connectivity index (χ4v) is 2.45. The molecule has 0 spiro atoms. The van der Waals surface area contributed by atoms with Crippen LogP contribution < -0.4 is 0 Å². The predicted molar refractivity (Wildman–Crippen MR) is 83.0 cm³/mol. The Bertz CT molecular complexity index is 780. The lowest BCUT2D eigenvalue weighted by Gasteiger charge is -1.99. The molecule has 0 aliphatic heterocycles. The molecule has 1 aromatic heterocycles. The summed E-state index contributed by atoms with van der Waals surface area (Å²) in [6, 6.07) is 14.3. The van der Waals surface area contributed by atoms with E-state index in [4.69, 9.17) is 0 Å². The molecule has 3 heteroatoms. The minimum Gasteiger partial charge on any atom is -0.348 e. The van der Waals surface area contributed by atoms with Crippen molar-refractivity contribution in [2.75, 3.05) is 0 Å². The summed E-state index contributed by atoms with van der Waals surface area (Å²) >= 11 is 0. The van der Waals surface area contributed by atoms with E-state index in [1.54, 1.807) is 0 Å². The second-order valence-electron chi connectivity index (χ2n) is 5.13. The van der Waals surface area contributed by atoms with Gasteiger partial charge in [-0.15, -0.1) is 5.11 Å². The Balaban J connectivity index is 2.03. The summed E-state index contributed by atoms with van der Waals surface area (Å²) in [6.07, 6.45) is 2.02. The highest BCUT2D eigenvalue weighted by Crippen LogP contribution is 2.31. The van der Waals surface area contributed by atoms with Crippen LogP contribution in [0.2, 0.25) is 0 Å². The van der Waals surface area contributed by atoms with Gasteiger partial charge in [-0.05, 0) is 31.5 Å². The van der Waals surface area contributed by atoms with Crippen molar-refractivity contribution in [3.05, 3.63) is 59.8 Å². The maximum Gasteiger partial charge on any atom is 0.111 e. The minimum atomic E-state index is 0.875. The Kier molecular flexibility index (Phi) is 3.11. The van der Waals surface area contributed by atoms with Gasteiger partial charge >= 0.3 is 0 Å². The molecule has 0 saturated heterocycles. The van der Waals surface area contributed by atoms with Gasteiger partial charge in [-0.1, -0.05) is 35.9 Å². The van der Waals surface area contributed by atoms with E-state index in [1.165, 1.54) is 16.6 Å². The molecular formula is C17H17N3. The highest BCUT2D eigenvalue weighted by atomic mass is 15.1. The van der Waals surface area contributed by atoms with Crippen LogP contribution in [-0.4, -0.2) is 4.57 Å². The lowest BCUT2D eigenvalue weighted by Crippen LogP contribution is -1.86. The van der Waals surface area contributed by atoms with Gasteiger partial charge in [-0.3, -0.25) is 0 Å². The Morgan fingerprint density at radius 1 is 0.900 bits per heavy atom. The molecule has 0 unspecified atom stereocenters. The number of rotatable bonds is 2. The Labute approximate surface area is 118 Å². The van der Waals surface area contributed by atoms with Gasteiger partial charge in [0.2, 0.25) is 0 Å². The highest BCUT2D eigenvalue weighted by molar-refractivity contribution is 5.93. The molecule has 0 amide bonds. The quantitative estimate of drug-likeness (QED) is 0.568. The molecule has 1 heterocycles. The normalized spacial score (nSPS) is 11.6. The van der Waals surface area contributed by atoms with Crippen molar-refractivity contribution >= 4 is 22.3 Å². The van der Waals surface area contributed by atoms with Gasteiger partial charge < -0.3 is 4.57 Å². The third-order valence-corrected chi connectivity index (χ3v) is 3.49. The molecule has 2 aromatic carbocycles. The topological polar surface area (TPSA) is 29.6 Å². The number of hydrogen-bond donors (Lipinski definition) is 0. The van der Waals surface area contributed by atoms with Gasteiger partial charge in [-0.25, -0.2) is 0 Å². The van der Waals surface area contributed by atoms with Crippen LogP contribution in [0.15, 0.2) is 58.9 Å². The van der Waals surface area contributed by atoms with Gasteiger partial charge in [-0.2, -0.15) is 5.11 Å². The van der Waals surface area contributed by atoms with Crippen LogP contribution in [0.25, 0.3) is 10.9 Å². The number of hydrogen-bond acceptors (Lipinski definition) is 2. The van der Waals surface area contributed by atoms with Crippen molar-refractivity contribution in [2.45, 2.75) is 13.8 Å². The van der Waals surface area contributed by atoms with Crippen LogP contribution in [-0.2, 0) is 7.05 Å². The fourth-order valence-electron chi connectivity index (χ4n) is 2.45. The van der Waals surface area contributed by atoms with Crippen LogP contribution in [0.5, 0.6) is 0 Å². The van der Waals surface area contributed by atoms with E-state index in [0.29, 0.717) is 0 Å². The second kappa shape index (κ2) is 4.93. The van der Waals surface area contributed by atoms with Crippen LogP contribution in [0.1, 0.15) is 11.1 Å². The molecule has 20 heavy (non-hydrogen) atoms. The smallest absolute Gasteiger partial charge is 0.111 e. The SMILES string of the molecule is Cc1ccc(N=Nc2cn(C)c3c(C)cccc23)cc1. The first-order valence-corrected chi connectivity index (χ1v) is 6.68. The third kappa shape index (κ3) is 2.23. The number of aryl methyl sites for hydroxylation is 3. The van der Waals surface area contributed by atoms with Crippen molar-refractivity contribution in [3.63, 3.8) is 0 Å². The maximum atomic E-state index is 4.40. The Morgan fingerprint density at radius 3 is 2.40 bits per heavy atom. The molecule has 0 radical (unpaired) electrons.